The van der Waals surface area contributed by atoms with Gasteiger partial charge in [0.2, 0.25) is 0 Å². The lowest BCUT2D eigenvalue weighted by Crippen LogP contribution is -2.30. The van der Waals surface area contributed by atoms with Gasteiger partial charge in [-0.25, -0.2) is 9.48 Å². The van der Waals surface area contributed by atoms with Crippen molar-refractivity contribution in [1.29, 1.82) is 0 Å². The minimum Gasteiger partial charge on any atom is -0.328 e. The van der Waals surface area contributed by atoms with E-state index in [-0.39, 0.29) is 6.03 Å². The Morgan fingerprint density at radius 2 is 2.11 bits per heavy atom. The van der Waals surface area contributed by atoms with Crippen LogP contribution in [0.25, 0.3) is 5.69 Å². The van der Waals surface area contributed by atoms with E-state index >= 15 is 0 Å². The molecule has 5 nitrogen and oxygen atoms in total. The molecule has 0 atom stereocenters. The molecule has 94 valence electrons. The summed E-state index contributed by atoms with van der Waals surface area (Å²) in [5.41, 5.74) is 1.64. The predicted molar refractivity (Wildman–Crippen MR) is 70.9 cm³/mol. The third-order valence-electron chi connectivity index (χ3n) is 2.68. The van der Waals surface area contributed by atoms with Gasteiger partial charge in [-0.15, -0.1) is 0 Å². The van der Waals surface area contributed by atoms with Crippen LogP contribution >= 0.6 is 0 Å². The predicted octanol–water partition coefficient (Wildman–Crippen LogP) is 2.36. The quantitative estimate of drug-likeness (QED) is 0.901. The molecule has 1 heterocycles. The summed E-state index contributed by atoms with van der Waals surface area (Å²) in [5, 5.41) is 6.99. The van der Waals surface area contributed by atoms with Crippen molar-refractivity contribution in [2.75, 3.05) is 18.9 Å². The van der Waals surface area contributed by atoms with Crippen molar-refractivity contribution in [3.63, 3.8) is 0 Å². The average molecular weight is 244 g/mol. The molecular formula is C13H16N4O. The maximum atomic E-state index is 11.7. The van der Waals surface area contributed by atoms with Gasteiger partial charge in [0.1, 0.15) is 0 Å². The highest BCUT2D eigenvalue weighted by molar-refractivity contribution is 5.88. The number of nitrogens with one attached hydrogen (secondary N) is 1. The summed E-state index contributed by atoms with van der Waals surface area (Å²) in [4.78, 5) is 13.3. The van der Waals surface area contributed by atoms with Gasteiger partial charge in [-0.1, -0.05) is 18.2 Å². The Bertz CT molecular complexity index is 521. The molecule has 5 heteroatoms. The molecule has 0 saturated heterocycles. The maximum absolute atomic E-state index is 11.7. The van der Waals surface area contributed by atoms with E-state index in [2.05, 4.69) is 10.4 Å². The zero-order valence-corrected chi connectivity index (χ0v) is 10.5. The minimum atomic E-state index is -0.134. The van der Waals surface area contributed by atoms with Gasteiger partial charge in [0.25, 0.3) is 0 Å². The molecule has 0 saturated carbocycles. The third kappa shape index (κ3) is 2.68. The van der Waals surface area contributed by atoms with Gasteiger partial charge in [0.15, 0.2) is 0 Å². The molecule has 0 unspecified atom stereocenters. The fourth-order valence-corrected chi connectivity index (χ4v) is 1.47. The van der Waals surface area contributed by atoms with Crippen molar-refractivity contribution in [2.24, 2.45) is 0 Å². The number of hydrogen-bond acceptors (Lipinski definition) is 2. The maximum Gasteiger partial charge on any atom is 0.321 e. The summed E-state index contributed by atoms with van der Waals surface area (Å²) in [6.07, 6.45) is 3.42. The number of carbonyl (C=O) groups excluding carboxylic acids is 1. The molecule has 1 aromatic carbocycles. The number of rotatable bonds is 3. The molecule has 0 spiro atoms. The lowest BCUT2D eigenvalue weighted by atomic mass is 10.3. The van der Waals surface area contributed by atoms with Crippen molar-refractivity contribution in [2.45, 2.75) is 6.92 Å². The molecule has 0 radical (unpaired) electrons. The second-order valence-corrected chi connectivity index (χ2v) is 3.95. The van der Waals surface area contributed by atoms with Crippen molar-refractivity contribution in [3.05, 3.63) is 42.7 Å². The first-order valence-electron chi connectivity index (χ1n) is 5.83. The first kappa shape index (κ1) is 12.2. The van der Waals surface area contributed by atoms with Crippen LogP contribution in [-0.2, 0) is 0 Å². The molecule has 2 rings (SSSR count). The van der Waals surface area contributed by atoms with Crippen LogP contribution in [0.1, 0.15) is 6.92 Å². The van der Waals surface area contributed by atoms with Gasteiger partial charge in [-0.2, -0.15) is 5.10 Å². The van der Waals surface area contributed by atoms with Crippen LogP contribution in [0.15, 0.2) is 42.7 Å². The van der Waals surface area contributed by atoms with E-state index in [0.717, 1.165) is 5.69 Å². The smallest absolute Gasteiger partial charge is 0.321 e. The first-order chi connectivity index (χ1) is 8.70. The summed E-state index contributed by atoms with van der Waals surface area (Å²) in [6.45, 7) is 2.59. The van der Waals surface area contributed by atoms with Gasteiger partial charge in [0.05, 0.1) is 23.8 Å². The lowest BCUT2D eigenvalue weighted by Gasteiger charge is -2.14. The zero-order valence-electron chi connectivity index (χ0n) is 10.5. The van der Waals surface area contributed by atoms with Crippen molar-refractivity contribution < 1.29 is 4.79 Å². The second-order valence-electron chi connectivity index (χ2n) is 3.95. The Balaban J connectivity index is 2.10. The molecule has 0 aliphatic rings. The monoisotopic (exact) mass is 244 g/mol. The Hall–Kier alpha value is -2.30. The molecule has 0 fully saturated rings. The molecule has 0 bridgehead atoms. The largest absolute Gasteiger partial charge is 0.328 e. The highest BCUT2D eigenvalue weighted by Crippen LogP contribution is 2.11. The molecule has 1 aromatic heterocycles. The van der Waals surface area contributed by atoms with E-state index in [9.17, 15) is 4.79 Å². The topological polar surface area (TPSA) is 50.2 Å². The molecule has 0 aliphatic carbocycles. The van der Waals surface area contributed by atoms with Crippen molar-refractivity contribution in [1.82, 2.24) is 14.7 Å². The molecular weight excluding hydrogens is 228 g/mol. The number of hydrogen-bond donors (Lipinski definition) is 1. The molecule has 2 aromatic rings. The zero-order chi connectivity index (χ0) is 13.0. The fraction of sp³-hybridized carbons (Fsp3) is 0.231. The van der Waals surface area contributed by atoms with Gasteiger partial charge in [-0.3, -0.25) is 0 Å². The number of para-hydroxylation sites is 1. The van der Waals surface area contributed by atoms with E-state index in [1.165, 1.54) is 0 Å². The molecule has 18 heavy (non-hydrogen) atoms. The Morgan fingerprint density at radius 1 is 1.39 bits per heavy atom. The first-order valence-corrected chi connectivity index (χ1v) is 5.83. The van der Waals surface area contributed by atoms with Gasteiger partial charge >= 0.3 is 6.03 Å². The number of benzene rings is 1. The van der Waals surface area contributed by atoms with Crippen LogP contribution < -0.4 is 5.32 Å². The number of aromatic nitrogens is 2. The molecule has 2 amide bonds. The normalized spacial score (nSPS) is 10.1. The van der Waals surface area contributed by atoms with Crippen LogP contribution in [0.3, 0.4) is 0 Å². The third-order valence-corrected chi connectivity index (χ3v) is 2.68. The van der Waals surface area contributed by atoms with Crippen LogP contribution in [0.5, 0.6) is 0 Å². The number of amides is 2. The Kier molecular flexibility index (Phi) is 3.62. The number of anilines is 1. The number of urea groups is 1. The van der Waals surface area contributed by atoms with Crippen molar-refractivity contribution in [3.8, 4) is 5.69 Å². The molecule has 0 aliphatic heterocycles. The van der Waals surface area contributed by atoms with Crippen molar-refractivity contribution >= 4 is 11.7 Å². The molecule has 1 N–H and O–H groups in total. The van der Waals surface area contributed by atoms with Crippen LogP contribution in [0, 0.1) is 0 Å². The van der Waals surface area contributed by atoms with Crippen LogP contribution in [-0.4, -0.2) is 34.3 Å². The summed E-state index contributed by atoms with van der Waals surface area (Å²) < 4.78 is 1.72. The van der Waals surface area contributed by atoms with E-state index in [4.69, 9.17) is 0 Å². The SMILES string of the molecule is CCN(C)C(=O)Nc1cnn(-c2ccccc2)c1. The Morgan fingerprint density at radius 3 is 2.78 bits per heavy atom. The second kappa shape index (κ2) is 5.35. The highest BCUT2D eigenvalue weighted by Gasteiger charge is 2.08. The van der Waals surface area contributed by atoms with E-state index in [1.807, 2.05) is 37.3 Å². The Labute approximate surface area is 106 Å². The van der Waals surface area contributed by atoms with E-state index < -0.39 is 0 Å². The van der Waals surface area contributed by atoms with E-state index in [0.29, 0.717) is 12.2 Å². The number of carbonyl (C=O) groups is 1. The summed E-state index contributed by atoms with van der Waals surface area (Å²) in [5.74, 6) is 0. The van der Waals surface area contributed by atoms with Crippen LogP contribution in [0.4, 0.5) is 10.5 Å². The van der Waals surface area contributed by atoms with E-state index in [1.54, 1.807) is 29.0 Å². The van der Waals surface area contributed by atoms with Gasteiger partial charge in [-0.05, 0) is 19.1 Å². The van der Waals surface area contributed by atoms with Gasteiger partial charge < -0.3 is 10.2 Å². The number of nitrogens with zero attached hydrogens (tertiary/aromatic N) is 3. The fourth-order valence-electron chi connectivity index (χ4n) is 1.47. The highest BCUT2D eigenvalue weighted by atomic mass is 16.2. The standard InChI is InChI=1S/C13H16N4O/c1-3-16(2)13(18)15-11-9-14-17(10-11)12-7-5-4-6-8-12/h4-10H,3H2,1-2H3,(H,15,18). The summed E-state index contributed by atoms with van der Waals surface area (Å²) in [7, 11) is 1.75. The van der Waals surface area contributed by atoms with Gasteiger partial charge in [0, 0.05) is 13.6 Å². The average Bonchev–Trinajstić information content (AvgIpc) is 2.87. The minimum absolute atomic E-state index is 0.134. The van der Waals surface area contributed by atoms with Crippen LogP contribution in [0.2, 0.25) is 0 Å². The lowest BCUT2D eigenvalue weighted by molar-refractivity contribution is 0.224. The summed E-state index contributed by atoms with van der Waals surface area (Å²) in [6, 6.07) is 9.62. The summed E-state index contributed by atoms with van der Waals surface area (Å²) >= 11 is 0.